The molecule has 0 fully saturated rings. The minimum atomic E-state index is 0.0899. The lowest BCUT2D eigenvalue weighted by molar-refractivity contribution is 0.475. The van der Waals surface area contributed by atoms with Crippen LogP contribution in [-0.2, 0) is 13.1 Å². The van der Waals surface area contributed by atoms with Gasteiger partial charge in [-0.1, -0.05) is 29.8 Å². The zero-order valence-electron chi connectivity index (χ0n) is 10.2. The van der Waals surface area contributed by atoms with Crippen LogP contribution in [0.1, 0.15) is 16.7 Å². The van der Waals surface area contributed by atoms with Crippen molar-refractivity contribution in [1.29, 1.82) is 5.26 Å². The van der Waals surface area contributed by atoms with Gasteiger partial charge < -0.3 is 10.4 Å². The van der Waals surface area contributed by atoms with Gasteiger partial charge >= 0.3 is 0 Å². The molecule has 4 heteroatoms. The van der Waals surface area contributed by atoms with Gasteiger partial charge in [-0.3, -0.25) is 0 Å². The van der Waals surface area contributed by atoms with Crippen molar-refractivity contribution in [3.8, 4) is 11.8 Å². The van der Waals surface area contributed by atoms with Crippen LogP contribution in [0.15, 0.2) is 42.5 Å². The molecule has 0 bridgehead atoms. The van der Waals surface area contributed by atoms with Crippen molar-refractivity contribution >= 4 is 11.6 Å². The number of hydrogen-bond donors (Lipinski definition) is 2. The van der Waals surface area contributed by atoms with Crippen LogP contribution >= 0.6 is 11.6 Å². The molecular formula is C15H13ClN2O. The first kappa shape index (κ1) is 13.4. The Labute approximate surface area is 117 Å². The molecule has 0 heterocycles. The molecule has 3 nitrogen and oxygen atoms in total. The van der Waals surface area contributed by atoms with Crippen molar-refractivity contribution in [2.45, 2.75) is 13.1 Å². The third kappa shape index (κ3) is 3.72. The predicted molar refractivity (Wildman–Crippen MR) is 74.8 cm³/mol. The first-order valence-corrected chi connectivity index (χ1v) is 6.24. The summed E-state index contributed by atoms with van der Waals surface area (Å²) in [4.78, 5) is 0. The summed E-state index contributed by atoms with van der Waals surface area (Å²) in [6.45, 7) is 1.32. The molecule has 2 aromatic rings. The van der Waals surface area contributed by atoms with Crippen LogP contribution < -0.4 is 5.32 Å². The number of halogens is 1. The molecule has 0 aliphatic rings. The highest BCUT2D eigenvalue weighted by molar-refractivity contribution is 6.32. The number of nitrogens with one attached hydrogen (secondary N) is 1. The maximum atomic E-state index is 9.32. The number of nitrogens with zero attached hydrogens (tertiary/aromatic N) is 1. The van der Waals surface area contributed by atoms with Gasteiger partial charge in [-0.15, -0.1) is 0 Å². The van der Waals surface area contributed by atoms with Crippen LogP contribution in [0.5, 0.6) is 5.75 Å². The highest BCUT2D eigenvalue weighted by Crippen LogP contribution is 2.23. The Morgan fingerprint density at radius 2 is 1.84 bits per heavy atom. The standard InChI is InChI=1S/C15H13ClN2O/c16-14-7-13(4-5-15(14)19)10-18-9-12-3-1-2-11(6-12)8-17/h1-7,18-19H,9-10H2. The monoisotopic (exact) mass is 272 g/mol. The lowest BCUT2D eigenvalue weighted by atomic mass is 10.1. The zero-order chi connectivity index (χ0) is 13.7. The molecule has 96 valence electrons. The van der Waals surface area contributed by atoms with E-state index in [1.165, 1.54) is 0 Å². The van der Waals surface area contributed by atoms with E-state index in [0.717, 1.165) is 11.1 Å². The summed E-state index contributed by atoms with van der Waals surface area (Å²) in [5, 5.41) is 21.8. The van der Waals surface area contributed by atoms with E-state index in [-0.39, 0.29) is 5.75 Å². The lowest BCUT2D eigenvalue weighted by Gasteiger charge is -2.06. The largest absolute Gasteiger partial charge is 0.506 e. The van der Waals surface area contributed by atoms with E-state index in [9.17, 15) is 5.11 Å². The highest BCUT2D eigenvalue weighted by Gasteiger charge is 2.00. The molecule has 0 aliphatic carbocycles. The van der Waals surface area contributed by atoms with Crippen molar-refractivity contribution in [2.24, 2.45) is 0 Å². The molecule has 2 N–H and O–H groups in total. The summed E-state index contributed by atoms with van der Waals surface area (Å²) in [5.41, 5.74) is 2.72. The molecule has 0 aliphatic heterocycles. The predicted octanol–water partition coefficient (Wildman–Crippen LogP) is 3.21. The van der Waals surface area contributed by atoms with E-state index in [1.807, 2.05) is 24.3 Å². The van der Waals surface area contributed by atoms with Crippen molar-refractivity contribution in [3.05, 3.63) is 64.2 Å². The number of phenolic OH excluding ortho intramolecular Hbond substituents is 1. The second-order valence-electron chi connectivity index (χ2n) is 4.20. The third-order valence-electron chi connectivity index (χ3n) is 2.73. The first-order chi connectivity index (χ1) is 9.19. The molecule has 0 amide bonds. The van der Waals surface area contributed by atoms with Gasteiger partial charge in [-0.25, -0.2) is 0 Å². The molecule has 0 saturated carbocycles. The number of phenols is 1. The van der Waals surface area contributed by atoms with E-state index in [0.29, 0.717) is 23.7 Å². The summed E-state index contributed by atoms with van der Waals surface area (Å²) in [5.74, 6) is 0.0899. The van der Waals surface area contributed by atoms with Gasteiger partial charge in [0, 0.05) is 13.1 Å². The number of rotatable bonds is 4. The van der Waals surface area contributed by atoms with E-state index in [4.69, 9.17) is 16.9 Å². The Kier molecular flexibility index (Phi) is 4.40. The normalized spacial score (nSPS) is 10.1. The molecule has 0 spiro atoms. The Morgan fingerprint density at radius 1 is 1.11 bits per heavy atom. The van der Waals surface area contributed by atoms with Crippen LogP contribution in [0, 0.1) is 11.3 Å². The fraction of sp³-hybridized carbons (Fsp3) is 0.133. The molecule has 0 aromatic heterocycles. The van der Waals surface area contributed by atoms with Crippen molar-refractivity contribution in [3.63, 3.8) is 0 Å². The number of nitriles is 1. The molecule has 0 saturated heterocycles. The molecule has 0 unspecified atom stereocenters. The second-order valence-corrected chi connectivity index (χ2v) is 4.61. The van der Waals surface area contributed by atoms with Crippen LogP contribution in [0.4, 0.5) is 0 Å². The van der Waals surface area contributed by atoms with E-state index < -0.39 is 0 Å². The molecule has 2 rings (SSSR count). The maximum Gasteiger partial charge on any atom is 0.134 e. The molecule has 2 aromatic carbocycles. The number of hydrogen-bond acceptors (Lipinski definition) is 3. The van der Waals surface area contributed by atoms with E-state index in [1.54, 1.807) is 18.2 Å². The van der Waals surface area contributed by atoms with Crippen molar-refractivity contribution in [1.82, 2.24) is 5.32 Å². The Morgan fingerprint density at radius 3 is 2.53 bits per heavy atom. The fourth-order valence-corrected chi connectivity index (χ4v) is 1.97. The van der Waals surface area contributed by atoms with Gasteiger partial charge in [0.15, 0.2) is 0 Å². The summed E-state index contributed by atoms with van der Waals surface area (Å²) < 4.78 is 0. The Bertz CT molecular complexity index is 620. The summed E-state index contributed by atoms with van der Waals surface area (Å²) in [6, 6.07) is 14.7. The first-order valence-electron chi connectivity index (χ1n) is 5.86. The maximum absolute atomic E-state index is 9.32. The molecule has 19 heavy (non-hydrogen) atoms. The average Bonchev–Trinajstić information content (AvgIpc) is 2.43. The second kappa shape index (κ2) is 6.24. The average molecular weight is 273 g/mol. The number of benzene rings is 2. The van der Waals surface area contributed by atoms with E-state index >= 15 is 0 Å². The third-order valence-corrected chi connectivity index (χ3v) is 3.03. The molecular weight excluding hydrogens is 260 g/mol. The summed E-state index contributed by atoms with van der Waals surface area (Å²) >= 11 is 5.84. The highest BCUT2D eigenvalue weighted by atomic mass is 35.5. The minimum absolute atomic E-state index is 0.0899. The van der Waals surface area contributed by atoms with Gasteiger partial charge in [-0.2, -0.15) is 5.26 Å². The lowest BCUT2D eigenvalue weighted by Crippen LogP contribution is -2.12. The quantitative estimate of drug-likeness (QED) is 0.899. The molecule has 0 radical (unpaired) electrons. The zero-order valence-corrected chi connectivity index (χ0v) is 11.0. The van der Waals surface area contributed by atoms with Crippen molar-refractivity contribution < 1.29 is 5.11 Å². The van der Waals surface area contributed by atoms with Gasteiger partial charge in [0.25, 0.3) is 0 Å². The van der Waals surface area contributed by atoms with Gasteiger partial charge in [0.1, 0.15) is 5.75 Å². The summed E-state index contributed by atoms with van der Waals surface area (Å²) in [6.07, 6.45) is 0. The summed E-state index contributed by atoms with van der Waals surface area (Å²) in [7, 11) is 0. The Balaban J connectivity index is 1.92. The fourth-order valence-electron chi connectivity index (χ4n) is 1.76. The van der Waals surface area contributed by atoms with Gasteiger partial charge in [0.05, 0.1) is 16.7 Å². The number of aromatic hydroxyl groups is 1. The van der Waals surface area contributed by atoms with Crippen LogP contribution in [0.2, 0.25) is 5.02 Å². The van der Waals surface area contributed by atoms with Gasteiger partial charge in [0.2, 0.25) is 0 Å². The van der Waals surface area contributed by atoms with Crippen LogP contribution in [-0.4, -0.2) is 5.11 Å². The topological polar surface area (TPSA) is 56.0 Å². The van der Waals surface area contributed by atoms with E-state index in [2.05, 4.69) is 11.4 Å². The SMILES string of the molecule is N#Cc1cccc(CNCc2ccc(O)c(Cl)c2)c1. The van der Waals surface area contributed by atoms with Crippen LogP contribution in [0.3, 0.4) is 0 Å². The minimum Gasteiger partial charge on any atom is -0.506 e. The van der Waals surface area contributed by atoms with Crippen molar-refractivity contribution in [2.75, 3.05) is 0 Å². The van der Waals surface area contributed by atoms with Crippen LogP contribution in [0.25, 0.3) is 0 Å². The van der Waals surface area contributed by atoms with Gasteiger partial charge in [-0.05, 0) is 35.4 Å². The molecule has 0 atom stereocenters. The smallest absolute Gasteiger partial charge is 0.134 e. The Hall–Kier alpha value is -2.02.